The molecule has 9 aromatic rings. The number of hydrogen-bond donors (Lipinski definition) is 0. The molecule has 0 saturated carbocycles. The van der Waals surface area contributed by atoms with E-state index >= 15 is 0 Å². The van der Waals surface area contributed by atoms with Crippen molar-refractivity contribution in [3.8, 4) is 39.1 Å². The molecule has 0 fully saturated rings. The molecule has 1 aliphatic carbocycles. The van der Waals surface area contributed by atoms with E-state index in [1.165, 1.54) is 88.4 Å². The van der Waals surface area contributed by atoms with Crippen LogP contribution in [0, 0.1) is 0 Å². The van der Waals surface area contributed by atoms with Crippen molar-refractivity contribution in [2.75, 3.05) is 0 Å². The van der Waals surface area contributed by atoms with Gasteiger partial charge in [-0.2, -0.15) is 0 Å². The zero-order chi connectivity index (χ0) is 33.0. The first-order valence-electron chi connectivity index (χ1n) is 17.5. The van der Waals surface area contributed by atoms with E-state index in [0.717, 1.165) is 12.8 Å². The van der Waals surface area contributed by atoms with Crippen LogP contribution in [0.15, 0.2) is 182 Å². The fourth-order valence-electron chi connectivity index (χ4n) is 8.14. The summed E-state index contributed by atoms with van der Waals surface area (Å²) in [6.07, 6.45) is 8.85. The van der Waals surface area contributed by atoms with Crippen molar-refractivity contribution in [3.63, 3.8) is 0 Å². The third-order valence-corrected chi connectivity index (χ3v) is 10.4. The molecule has 50 heavy (non-hydrogen) atoms. The van der Waals surface area contributed by atoms with Gasteiger partial charge in [-0.05, 0) is 89.2 Å². The number of fused-ring (bicyclic) bond motifs is 6. The van der Waals surface area contributed by atoms with Crippen LogP contribution >= 0.6 is 0 Å². The maximum Gasteiger partial charge on any atom is 0.0546 e. The van der Waals surface area contributed by atoms with Gasteiger partial charge in [0.05, 0.1) is 27.8 Å². The van der Waals surface area contributed by atoms with E-state index in [2.05, 4.69) is 191 Å². The second-order valence-corrected chi connectivity index (χ2v) is 13.2. The maximum absolute atomic E-state index is 2.46. The molecule has 2 aromatic heterocycles. The quantitative estimate of drug-likeness (QED) is 0.178. The number of hydrogen-bond acceptors (Lipinski definition) is 0. The van der Waals surface area contributed by atoms with Crippen molar-refractivity contribution >= 4 is 49.3 Å². The Morgan fingerprint density at radius 2 is 0.960 bits per heavy atom. The molecule has 2 nitrogen and oxygen atoms in total. The molecule has 0 atom stereocenters. The molecule has 0 bridgehead atoms. The molecule has 0 radical (unpaired) electrons. The number of rotatable bonds is 5. The van der Waals surface area contributed by atoms with Gasteiger partial charge < -0.3 is 9.13 Å². The van der Waals surface area contributed by atoms with Gasteiger partial charge in [0.2, 0.25) is 0 Å². The van der Waals surface area contributed by atoms with E-state index in [4.69, 9.17) is 0 Å². The minimum absolute atomic E-state index is 1.05. The minimum atomic E-state index is 1.05. The number of para-hydroxylation sites is 2. The summed E-state index contributed by atoms with van der Waals surface area (Å²) in [5, 5.41) is 5.10. The van der Waals surface area contributed by atoms with Gasteiger partial charge in [-0.15, -0.1) is 0 Å². The number of aromatic nitrogens is 2. The molecule has 0 saturated heterocycles. The van der Waals surface area contributed by atoms with Gasteiger partial charge in [-0.25, -0.2) is 0 Å². The van der Waals surface area contributed by atoms with Gasteiger partial charge in [-0.1, -0.05) is 133 Å². The summed E-state index contributed by atoms with van der Waals surface area (Å²) in [5.41, 5.74) is 14.8. The van der Waals surface area contributed by atoms with Crippen molar-refractivity contribution in [1.29, 1.82) is 0 Å². The van der Waals surface area contributed by atoms with Gasteiger partial charge in [0.1, 0.15) is 0 Å². The van der Waals surface area contributed by atoms with Gasteiger partial charge >= 0.3 is 0 Å². The van der Waals surface area contributed by atoms with Crippen LogP contribution in [0.5, 0.6) is 0 Å². The first-order chi connectivity index (χ1) is 24.8. The minimum Gasteiger partial charge on any atom is -0.313 e. The van der Waals surface area contributed by atoms with E-state index in [1.54, 1.807) is 0 Å². The number of benzene rings is 7. The Hall–Kier alpha value is -6.38. The Morgan fingerprint density at radius 1 is 0.400 bits per heavy atom. The largest absolute Gasteiger partial charge is 0.313 e. The van der Waals surface area contributed by atoms with Crippen molar-refractivity contribution in [2.45, 2.75) is 12.8 Å². The molecule has 0 spiro atoms. The standard InChI is InChI=1S/C48H34N2/c1-4-15-33(16-5-1)38-23-14-26-47(48(38)34-17-6-2-7-18-34)50-44-25-13-11-22-40(44)42-32-36(28-30-46(42)50)35-27-29-45-41(31-35)39-21-10-12-24-43(39)49(45)37-19-8-3-9-20-37/h1-8,10-19,21-32H,9,20H2. The lowest BCUT2D eigenvalue weighted by atomic mass is 9.93. The zero-order valence-electron chi connectivity index (χ0n) is 27.6. The summed E-state index contributed by atoms with van der Waals surface area (Å²) in [6.45, 7) is 0. The van der Waals surface area contributed by atoms with E-state index < -0.39 is 0 Å². The summed E-state index contributed by atoms with van der Waals surface area (Å²) in [7, 11) is 0. The fraction of sp³-hybridized carbons (Fsp3) is 0.0417. The molecule has 2 heteroatoms. The van der Waals surface area contributed by atoms with Crippen molar-refractivity contribution in [3.05, 3.63) is 182 Å². The van der Waals surface area contributed by atoms with Crippen LogP contribution < -0.4 is 0 Å². The molecular formula is C48H34N2. The zero-order valence-corrected chi connectivity index (χ0v) is 27.6. The monoisotopic (exact) mass is 638 g/mol. The maximum atomic E-state index is 2.46. The predicted molar refractivity (Wildman–Crippen MR) is 213 cm³/mol. The third-order valence-electron chi connectivity index (χ3n) is 10.4. The molecule has 1 aliphatic rings. The van der Waals surface area contributed by atoms with Gasteiger partial charge in [-0.3, -0.25) is 0 Å². The molecule has 2 heterocycles. The highest BCUT2D eigenvalue weighted by atomic mass is 15.0. The predicted octanol–water partition coefficient (Wildman–Crippen LogP) is 13.1. The van der Waals surface area contributed by atoms with E-state index in [0.29, 0.717) is 0 Å². The SMILES string of the molecule is C1=CCCC(n2c3ccccc3c3cc(-c4ccc5c(c4)c4ccccc4n5-c4cccc(-c5ccccc5)c4-c4ccccc4)ccc32)=C1. The first-order valence-corrected chi connectivity index (χ1v) is 17.5. The second-order valence-electron chi connectivity index (χ2n) is 13.2. The Kier molecular flexibility index (Phi) is 6.67. The molecule has 0 unspecified atom stereocenters. The summed E-state index contributed by atoms with van der Waals surface area (Å²) < 4.78 is 4.93. The highest BCUT2D eigenvalue weighted by molar-refractivity contribution is 6.13. The van der Waals surface area contributed by atoms with Gasteiger partial charge in [0, 0.05) is 32.8 Å². The van der Waals surface area contributed by atoms with Gasteiger partial charge in [0.25, 0.3) is 0 Å². The molecule has 7 aromatic carbocycles. The second kappa shape index (κ2) is 11.6. The summed E-state index contributed by atoms with van der Waals surface area (Å²) in [5.74, 6) is 0. The lowest BCUT2D eigenvalue weighted by Gasteiger charge is -2.18. The van der Waals surface area contributed by atoms with Crippen LogP contribution in [-0.2, 0) is 0 Å². The molecule has 0 amide bonds. The molecule has 10 rings (SSSR count). The topological polar surface area (TPSA) is 9.86 Å². The first kappa shape index (κ1) is 28.6. The Bertz CT molecular complexity index is 2790. The summed E-state index contributed by atoms with van der Waals surface area (Å²) in [6, 6.07) is 60.0. The average molecular weight is 639 g/mol. The van der Waals surface area contributed by atoms with Crippen molar-refractivity contribution in [2.24, 2.45) is 0 Å². The van der Waals surface area contributed by atoms with Gasteiger partial charge in [0.15, 0.2) is 0 Å². The lowest BCUT2D eigenvalue weighted by molar-refractivity contribution is 0.979. The fourth-order valence-corrected chi connectivity index (χ4v) is 8.14. The molecule has 0 N–H and O–H groups in total. The highest BCUT2D eigenvalue weighted by Gasteiger charge is 2.20. The number of allylic oxidation sites excluding steroid dienone is 4. The Morgan fingerprint density at radius 3 is 1.60 bits per heavy atom. The van der Waals surface area contributed by atoms with Crippen molar-refractivity contribution in [1.82, 2.24) is 9.13 Å². The van der Waals surface area contributed by atoms with Crippen LogP contribution in [-0.4, -0.2) is 9.13 Å². The van der Waals surface area contributed by atoms with Crippen LogP contribution in [0.3, 0.4) is 0 Å². The van der Waals surface area contributed by atoms with Crippen LogP contribution in [0.2, 0.25) is 0 Å². The molecule has 0 aliphatic heterocycles. The third kappa shape index (κ3) is 4.49. The normalized spacial score (nSPS) is 13.1. The Balaban J connectivity index is 1.19. The molecular weight excluding hydrogens is 605 g/mol. The van der Waals surface area contributed by atoms with Crippen LogP contribution in [0.25, 0.3) is 88.4 Å². The van der Waals surface area contributed by atoms with Crippen molar-refractivity contribution < 1.29 is 0 Å². The Labute approximate surface area is 291 Å². The highest BCUT2D eigenvalue weighted by Crippen LogP contribution is 2.42. The smallest absolute Gasteiger partial charge is 0.0546 e. The van der Waals surface area contributed by atoms with Crippen LogP contribution in [0.4, 0.5) is 0 Å². The summed E-state index contributed by atoms with van der Waals surface area (Å²) >= 11 is 0. The summed E-state index contributed by atoms with van der Waals surface area (Å²) in [4.78, 5) is 0. The van der Waals surface area contributed by atoms with E-state index in [-0.39, 0.29) is 0 Å². The lowest BCUT2D eigenvalue weighted by Crippen LogP contribution is -1.99. The molecule has 236 valence electrons. The van der Waals surface area contributed by atoms with E-state index in [9.17, 15) is 0 Å². The average Bonchev–Trinajstić information content (AvgIpc) is 3.71. The van der Waals surface area contributed by atoms with Crippen LogP contribution in [0.1, 0.15) is 12.8 Å². The number of nitrogens with zero attached hydrogens (tertiary/aromatic N) is 2. The van der Waals surface area contributed by atoms with E-state index in [1.807, 2.05) is 0 Å².